The zero-order valence-electron chi connectivity index (χ0n) is 10.7. The molecular formula is C15H14ClNO2. The molecule has 2 aromatic rings. The maximum Gasteiger partial charge on any atom is 0.259 e. The first kappa shape index (κ1) is 13.4. The smallest absolute Gasteiger partial charge is 0.259 e. The van der Waals surface area contributed by atoms with E-state index >= 15 is 0 Å². The molecule has 0 radical (unpaired) electrons. The number of phenolic OH excluding ortho intramolecular Hbond substituents is 1. The summed E-state index contributed by atoms with van der Waals surface area (Å²) in [4.78, 5) is 12.1. The summed E-state index contributed by atoms with van der Waals surface area (Å²) < 4.78 is 0. The first-order chi connectivity index (χ1) is 8.99. The number of amides is 1. The Balaban J connectivity index is 2.31. The van der Waals surface area contributed by atoms with E-state index in [1.165, 1.54) is 12.1 Å². The van der Waals surface area contributed by atoms with Crippen LogP contribution in [0.15, 0.2) is 36.4 Å². The predicted octanol–water partition coefficient (Wildman–Crippen LogP) is 3.91. The lowest BCUT2D eigenvalue weighted by atomic mass is 10.1. The molecule has 2 aromatic carbocycles. The minimum Gasteiger partial charge on any atom is -0.507 e. The van der Waals surface area contributed by atoms with E-state index in [1.54, 1.807) is 6.07 Å². The Kier molecular flexibility index (Phi) is 3.76. The lowest BCUT2D eigenvalue weighted by molar-refractivity contribution is 0.102. The molecule has 0 saturated heterocycles. The van der Waals surface area contributed by atoms with Crippen LogP contribution < -0.4 is 5.32 Å². The monoisotopic (exact) mass is 275 g/mol. The summed E-state index contributed by atoms with van der Waals surface area (Å²) >= 11 is 5.74. The molecule has 1 amide bonds. The lowest BCUT2D eigenvalue weighted by Gasteiger charge is -2.12. The van der Waals surface area contributed by atoms with Crippen molar-refractivity contribution >= 4 is 23.2 Å². The first-order valence-corrected chi connectivity index (χ1v) is 6.23. The largest absolute Gasteiger partial charge is 0.507 e. The summed E-state index contributed by atoms with van der Waals surface area (Å²) in [6.45, 7) is 3.84. The number of para-hydroxylation sites is 1. The third-order valence-corrected chi connectivity index (χ3v) is 3.16. The van der Waals surface area contributed by atoms with Crippen molar-refractivity contribution in [3.05, 3.63) is 58.1 Å². The van der Waals surface area contributed by atoms with E-state index in [9.17, 15) is 9.90 Å². The van der Waals surface area contributed by atoms with Crippen molar-refractivity contribution < 1.29 is 9.90 Å². The van der Waals surface area contributed by atoms with E-state index in [0.717, 1.165) is 16.8 Å². The Bertz CT molecular complexity index is 618. The van der Waals surface area contributed by atoms with Crippen molar-refractivity contribution in [2.24, 2.45) is 0 Å². The number of carbonyl (C=O) groups excluding carboxylic acids is 1. The van der Waals surface area contributed by atoms with Crippen LogP contribution in [0, 0.1) is 13.8 Å². The normalized spacial score (nSPS) is 10.3. The average Bonchev–Trinajstić information content (AvgIpc) is 2.33. The van der Waals surface area contributed by atoms with Crippen LogP contribution in [0.5, 0.6) is 5.75 Å². The van der Waals surface area contributed by atoms with Gasteiger partial charge < -0.3 is 10.4 Å². The second-order valence-electron chi connectivity index (χ2n) is 4.38. The van der Waals surface area contributed by atoms with E-state index in [0.29, 0.717) is 5.02 Å². The summed E-state index contributed by atoms with van der Waals surface area (Å²) in [5.41, 5.74) is 2.91. The fourth-order valence-electron chi connectivity index (χ4n) is 1.89. The molecule has 0 heterocycles. The minimum absolute atomic E-state index is 0.128. The number of aryl methyl sites for hydroxylation is 2. The summed E-state index contributed by atoms with van der Waals surface area (Å²) in [5, 5.41) is 12.9. The van der Waals surface area contributed by atoms with Gasteiger partial charge in [-0.2, -0.15) is 0 Å². The number of benzene rings is 2. The van der Waals surface area contributed by atoms with E-state index in [2.05, 4.69) is 5.32 Å². The number of rotatable bonds is 2. The molecule has 0 aliphatic rings. The van der Waals surface area contributed by atoms with Crippen LogP contribution in [0.2, 0.25) is 5.02 Å². The van der Waals surface area contributed by atoms with E-state index in [1.807, 2.05) is 32.0 Å². The van der Waals surface area contributed by atoms with Crippen molar-refractivity contribution in [3.8, 4) is 5.75 Å². The van der Waals surface area contributed by atoms with Gasteiger partial charge in [0.15, 0.2) is 0 Å². The summed E-state index contributed by atoms with van der Waals surface area (Å²) in [6, 6.07) is 10.2. The maximum atomic E-state index is 12.1. The number of aromatic hydroxyl groups is 1. The zero-order chi connectivity index (χ0) is 14.0. The molecular weight excluding hydrogens is 262 g/mol. The van der Waals surface area contributed by atoms with Gasteiger partial charge in [0.2, 0.25) is 0 Å². The summed E-state index contributed by atoms with van der Waals surface area (Å²) in [7, 11) is 0. The maximum absolute atomic E-state index is 12.1. The number of hydrogen-bond acceptors (Lipinski definition) is 2. The van der Waals surface area contributed by atoms with E-state index < -0.39 is 0 Å². The topological polar surface area (TPSA) is 49.3 Å². The Morgan fingerprint density at radius 2 is 1.79 bits per heavy atom. The van der Waals surface area contributed by atoms with Crippen LogP contribution in [-0.2, 0) is 0 Å². The fraction of sp³-hybridized carbons (Fsp3) is 0.133. The van der Waals surface area contributed by atoms with E-state index in [-0.39, 0.29) is 17.2 Å². The summed E-state index contributed by atoms with van der Waals surface area (Å²) in [5.74, 6) is -0.484. The highest BCUT2D eigenvalue weighted by Gasteiger charge is 2.13. The highest BCUT2D eigenvalue weighted by atomic mass is 35.5. The van der Waals surface area contributed by atoms with Gasteiger partial charge in [-0.05, 0) is 43.2 Å². The highest BCUT2D eigenvalue weighted by Crippen LogP contribution is 2.25. The van der Waals surface area contributed by atoms with Gasteiger partial charge in [-0.25, -0.2) is 0 Å². The quantitative estimate of drug-likeness (QED) is 0.873. The molecule has 3 nitrogen and oxygen atoms in total. The molecule has 19 heavy (non-hydrogen) atoms. The van der Waals surface area contributed by atoms with E-state index in [4.69, 9.17) is 11.6 Å². The Morgan fingerprint density at radius 1 is 1.16 bits per heavy atom. The van der Waals surface area contributed by atoms with Crippen molar-refractivity contribution in [1.82, 2.24) is 0 Å². The fourth-order valence-corrected chi connectivity index (χ4v) is 2.06. The molecule has 0 saturated carbocycles. The van der Waals surface area contributed by atoms with Crippen molar-refractivity contribution in [1.29, 1.82) is 0 Å². The van der Waals surface area contributed by atoms with Crippen molar-refractivity contribution in [3.63, 3.8) is 0 Å². The standard InChI is InChI=1S/C15H14ClNO2/c1-9-4-3-5-10(2)14(9)17-15(19)12-7-6-11(16)8-13(12)18/h3-8,18H,1-2H3,(H,17,19). The Morgan fingerprint density at radius 3 is 2.37 bits per heavy atom. The molecule has 0 unspecified atom stereocenters. The van der Waals surface area contributed by atoms with Crippen LogP contribution in [0.4, 0.5) is 5.69 Å². The molecule has 0 aromatic heterocycles. The molecule has 0 aliphatic heterocycles. The zero-order valence-corrected chi connectivity index (χ0v) is 11.5. The van der Waals surface area contributed by atoms with Crippen LogP contribution in [0.3, 0.4) is 0 Å². The molecule has 4 heteroatoms. The molecule has 0 aliphatic carbocycles. The molecule has 0 bridgehead atoms. The Hall–Kier alpha value is -2.00. The third kappa shape index (κ3) is 2.88. The third-order valence-electron chi connectivity index (χ3n) is 2.92. The second-order valence-corrected chi connectivity index (χ2v) is 4.82. The van der Waals surface area contributed by atoms with Gasteiger partial charge in [-0.3, -0.25) is 4.79 Å². The SMILES string of the molecule is Cc1cccc(C)c1NC(=O)c1ccc(Cl)cc1O. The van der Waals surface area contributed by atoms with Crippen LogP contribution in [-0.4, -0.2) is 11.0 Å². The molecule has 0 fully saturated rings. The summed E-state index contributed by atoms with van der Waals surface area (Å²) in [6.07, 6.45) is 0. The second kappa shape index (κ2) is 5.33. The first-order valence-electron chi connectivity index (χ1n) is 5.85. The van der Waals surface area contributed by atoms with Gasteiger partial charge in [0.25, 0.3) is 5.91 Å². The number of phenols is 1. The lowest BCUT2D eigenvalue weighted by Crippen LogP contribution is -2.13. The molecule has 98 valence electrons. The van der Waals surface area contributed by atoms with Crippen molar-refractivity contribution in [2.75, 3.05) is 5.32 Å². The number of nitrogens with one attached hydrogen (secondary N) is 1. The van der Waals surface area contributed by atoms with Gasteiger partial charge in [-0.15, -0.1) is 0 Å². The number of carbonyl (C=O) groups is 1. The molecule has 0 spiro atoms. The molecule has 2 rings (SSSR count). The van der Waals surface area contributed by atoms with Gasteiger partial charge in [0.05, 0.1) is 5.56 Å². The highest BCUT2D eigenvalue weighted by molar-refractivity contribution is 6.31. The number of anilines is 1. The minimum atomic E-state index is -0.355. The molecule has 2 N–H and O–H groups in total. The van der Waals surface area contributed by atoms with Crippen LogP contribution in [0.25, 0.3) is 0 Å². The van der Waals surface area contributed by atoms with Crippen LogP contribution in [0.1, 0.15) is 21.5 Å². The predicted molar refractivity (Wildman–Crippen MR) is 77.0 cm³/mol. The van der Waals surface area contributed by atoms with Gasteiger partial charge >= 0.3 is 0 Å². The van der Waals surface area contributed by atoms with Crippen LogP contribution >= 0.6 is 11.6 Å². The number of halogens is 1. The Labute approximate surface area is 116 Å². The average molecular weight is 276 g/mol. The van der Waals surface area contributed by atoms with Gasteiger partial charge in [0.1, 0.15) is 5.75 Å². The van der Waals surface area contributed by atoms with Gasteiger partial charge in [0, 0.05) is 10.7 Å². The van der Waals surface area contributed by atoms with Crippen molar-refractivity contribution in [2.45, 2.75) is 13.8 Å². The molecule has 0 atom stereocenters. The van der Waals surface area contributed by atoms with Gasteiger partial charge in [-0.1, -0.05) is 29.8 Å². The number of hydrogen-bond donors (Lipinski definition) is 2.